The van der Waals surface area contributed by atoms with Gasteiger partial charge in [-0.05, 0) is 61.9 Å². The topological polar surface area (TPSA) is 95.0 Å². The lowest BCUT2D eigenvalue weighted by Gasteiger charge is -2.47. The van der Waals surface area contributed by atoms with E-state index in [1.165, 1.54) is 7.05 Å². The summed E-state index contributed by atoms with van der Waals surface area (Å²) < 4.78 is 154. The molecule has 2 atom stereocenters. The van der Waals surface area contributed by atoms with E-state index in [9.17, 15) is 53.8 Å². The summed E-state index contributed by atoms with van der Waals surface area (Å²) >= 11 is 0. The molecule has 1 aliphatic carbocycles. The molecule has 3 aliphatic rings. The summed E-state index contributed by atoms with van der Waals surface area (Å²) in [6, 6.07) is 3.23. The van der Waals surface area contributed by atoms with E-state index in [0.717, 1.165) is 28.0 Å². The number of likely N-dealkylation sites (tertiary alicyclic amines) is 1. The second kappa shape index (κ2) is 10.8. The number of likely N-dealkylation sites (N-methyl/N-ethyl adjacent to an activating group) is 1. The van der Waals surface area contributed by atoms with Crippen LogP contribution in [-0.4, -0.2) is 74.5 Å². The molecule has 0 aromatic heterocycles. The van der Waals surface area contributed by atoms with Crippen LogP contribution in [0.2, 0.25) is 0 Å². The minimum Gasteiger partial charge on any atom is -0.481 e. The van der Waals surface area contributed by atoms with Crippen LogP contribution in [0.25, 0.3) is 0 Å². The Morgan fingerprint density at radius 1 is 0.935 bits per heavy atom. The molecule has 0 radical (unpaired) electrons. The number of hydrogen-bond acceptors (Lipinski definition) is 5. The number of carboxylic acid groups (broad SMARTS) is 1. The quantitative estimate of drug-likeness (QED) is 0.399. The Bertz CT molecular complexity index is 1660. The maximum atomic E-state index is 16.2. The van der Waals surface area contributed by atoms with Gasteiger partial charge in [0, 0.05) is 31.4 Å². The van der Waals surface area contributed by atoms with Gasteiger partial charge in [0.2, 0.25) is 0 Å². The molecule has 0 spiro atoms. The third-order valence-corrected chi connectivity index (χ3v) is 12.0. The van der Waals surface area contributed by atoms with E-state index < -0.39 is 116 Å². The lowest BCUT2D eigenvalue weighted by atomic mass is 9.78. The lowest BCUT2D eigenvalue weighted by molar-refractivity contribution is -0.348. The number of hydrogen-bond donors (Lipinski definition) is 1. The van der Waals surface area contributed by atoms with Crippen molar-refractivity contribution in [3.63, 3.8) is 0 Å². The van der Waals surface area contributed by atoms with Gasteiger partial charge in [0.1, 0.15) is 10.6 Å². The number of sulfone groups is 1. The fourth-order valence-corrected chi connectivity index (χ4v) is 9.35. The van der Waals surface area contributed by atoms with Gasteiger partial charge in [-0.3, -0.25) is 9.59 Å². The SMILES string of the molecule is CN1CC2N(C(=O)C3(F)CCC(C(=O)O)CC3)CCC2(S(=O)(=O)c2cccc(F)c2)c2ccc(C(F)(C(F)(F)F)C(F)(F)F)cc21. The van der Waals surface area contributed by atoms with E-state index in [4.69, 9.17) is 0 Å². The number of anilines is 1. The number of carbonyl (C=O) groups is 2. The third kappa shape index (κ3) is 4.82. The van der Waals surface area contributed by atoms with Gasteiger partial charge >= 0.3 is 24.0 Å². The standard InChI is InChI=1S/C29H27F9N2O5S/c1-39-15-22-26(46(44,45)19-4-2-3-18(30)14-19,11-12-40(22)24(43)25(31)9-7-16(8-10-25)23(41)42)20-6-5-17(13-21(20)39)27(32,28(33,34)35)29(36,37)38/h2-6,13-14,16,22H,7-12,15H2,1H3,(H,41,42). The first-order chi connectivity index (χ1) is 21.1. The molecule has 46 heavy (non-hydrogen) atoms. The average molecular weight is 687 g/mol. The van der Waals surface area contributed by atoms with Crippen molar-refractivity contribution in [2.45, 2.75) is 71.5 Å². The fourth-order valence-electron chi connectivity index (χ4n) is 7.03. The van der Waals surface area contributed by atoms with Crippen molar-refractivity contribution < 1.29 is 62.6 Å². The zero-order valence-electron chi connectivity index (χ0n) is 23.9. The van der Waals surface area contributed by atoms with E-state index in [0.29, 0.717) is 12.1 Å². The molecule has 1 saturated heterocycles. The van der Waals surface area contributed by atoms with Crippen molar-refractivity contribution in [2.24, 2.45) is 5.92 Å². The number of nitrogens with zero attached hydrogens (tertiary/aromatic N) is 2. The Labute approximate surface area is 256 Å². The van der Waals surface area contributed by atoms with Crippen LogP contribution < -0.4 is 4.90 Å². The van der Waals surface area contributed by atoms with E-state index in [1.54, 1.807) is 0 Å². The fraction of sp³-hybridized carbons (Fsp3) is 0.517. The van der Waals surface area contributed by atoms with Gasteiger partial charge in [-0.2, -0.15) is 26.3 Å². The van der Waals surface area contributed by atoms with Gasteiger partial charge in [0.05, 0.1) is 16.9 Å². The first kappa shape index (κ1) is 33.9. The van der Waals surface area contributed by atoms with E-state index in [2.05, 4.69) is 0 Å². The van der Waals surface area contributed by atoms with Crippen LogP contribution in [0.1, 0.15) is 43.2 Å². The molecule has 2 unspecified atom stereocenters. The molecular weight excluding hydrogens is 659 g/mol. The molecule has 2 aromatic carbocycles. The summed E-state index contributed by atoms with van der Waals surface area (Å²) in [4.78, 5) is 26.5. The van der Waals surface area contributed by atoms with Crippen LogP contribution in [0.4, 0.5) is 45.2 Å². The monoisotopic (exact) mass is 686 g/mol. The first-order valence-corrected chi connectivity index (χ1v) is 15.5. The van der Waals surface area contributed by atoms with Crippen molar-refractivity contribution in [3.05, 3.63) is 59.4 Å². The van der Waals surface area contributed by atoms with E-state index in [1.807, 2.05) is 0 Å². The first-order valence-electron chi connectivity index (χ1n) is 14.0. The number of fused-ring (bicyclic) bond motifs is 3. The van der Waals surface area contributed by atoms with E-state index >= 15 is 8.78 Å². The molecular formula is C29H27F9N2O5S. The Morgan fingerprint density at radius 2 is 1.54 bits per heavy atom. The van der Waals surface area contributed by atoms with Gasteiger partial charge in [-0.1, -0.05) is 18.2 Å². The van der Waals surface area contributed by atoms with Crippen molar-refractivity contribution in [2.75, 3.05) is 25.0 Å². The summed E-state index contributed by atoms with van der Waals surface area (Å²) in [6.45, 7) is -0.985. The highest BCUT2D eigenvalue weighted by atomic mass is 32.2. The van der Waals surface area contributed by atoms with E-state index in [-0.39, 0.29) is 30.5 Å². The van der Waals surface area contributed by atoms with Gasteiger partial charge in [0.15, 0.2) is 15.5 Å². The molecule has 2 heterocycles. The molecule has 2 aliphatic heterocycles. The number of rotatable bonds is 5. The summed E-state index contributed by atoms with van der Waals surface area (Å²) in [5, 5.41) is 9.28. The van der Waals surface area contributed by atoms with Crippen LogP contribution in [0.3, 0.4) is 0 Å². The highest BCUT2D eigenvalue weighted by Crippen LogP contribution is 2.58. The van der Waals surface area contributed by atoms with Crippen LogP contribution in [0.5, 0.6) is 0 Å². The molecule has 252 valence electrons. The normalized spacial score (nSPS) is 27.3. The molecule has 2 aromatic rings. The highest BCUT2D eigenvalue weighted by molar-refractivity contribution is 7.92. The van der Waals surface area contributed by atoms with Crippen LogP contribution in [0, 0.1) is 11.7 Å². The predicted octanol–water partition coefficient (Wildman–Crippen LogP) is 5.82. The Balaban J connectivity index is 1.68. The molecule has 0 bridgehead atoms. The van der Waals surface area contributed by atoms with Gasteiger partial charge in [-0.25, -0.2) is 21.6 Å². The second-order valence-corrected chi connectivity index (χ2v) is 14.2. The Kier molecular flexibility index (Phi) is 7.93. The lowest BCUT2D eigenvalue weighted by Crippen LogP contribution is -2.60. The van der Waals surface area contributed by atoms with Crippen molar-refractivity contribution in [3.8, 4) is 0 Å². The maximum Gasteiger partial charge on any atom is 0.435 e. The number of alkyl halides is 8. The number of amides is 1. The minimum absolute atomic E-state index is 0.174. The summed E-state index contributed by atoms with van der Waals surface area (Å²) in [5.74, 6) is -4.21. The number of aliphatic carboxylic acids is 1. The Morgan fingerprint density at radius 3 is 2.09 bits per heavy atom. The average Bonchev–Trinajstić information content (AvgIpc) is 3.36. The molecule has 17 heteroatoms. The van der Waals surface area contributed by atoms with Crippen LogP contribution >= 0.6 is 0 Å². The van der Waals surface area contributed by atoms with Crippen molar-refractivity contribution in [1.82, 2.24) is 4.90 Å². The summed E-state index contributed by atoms with van der Waals surface area (Å²) in [6.07, 6.45) is -14.8. The maximum absolute atomic E-state index is 16.2. The minimum atomic E-state index is -6.45. The van der Waals surface area contributed by atoms with Gasteiger partial charge < -0.3 is 14.9 Å². The second-order valence-electron chi connectivity index (χ2n) is 12.0. The van der Waals surface area contributed by atoms with Gasteiger partial charge in [0.25, 0.3) is 5.91 Å². The predicted molar refractivity (Wildman–Crippen MR) is 143 cm³/mol. The molecule has 1 N–H and O–H groups in total. The molecule has 7 nitrogen and oxygen atoms in total. The smallest absolute Gasteiger partial charge is 0.435 e. The Hall–Kier alpha value is -3.50. The number of benzene rings is 2. The highest BCUT2D eigenvalue weighted by Gasteiger charge is 2.74. The molecule has 1 amide bonds. The number of carbonyl (C=O) groups excluding carboxylic acids is 1. The van der Waals surface area contributed by atoms with Crippen LogP contribution in [0.15, 0.2) is 47.4 Å². The van der Waals surface area contributed by atoms with Crippen LogP contribution in [-0.2, 0) is 29.8 Å². The molecule has 1 saturated carbocycles. The molecule has 5 rings (SSSR count). The number of halogens is 9. The largest absolute Gasteiger partial charge is 0.481 e. The van der Waals surface area contributed by atoms with Crippen molar-refractivity contribution >= 4 is 27.4 Å². The summed E-state index contributed by atoms with van der Waals surface area (Å²) in [7, 11) is -3.69. The van der Waals surface area contributed by atoms with Crippen molar-refractivity contribution in [1.29, 1.82) is 0 Å². The summed E-state index contributed by atoms with van der Waals surface area (Å²) in [5.41, 5.74) is -11.2. The zero-order chi connectivity index (χ0) is 34.3. The third-order valence-electron chi connectivity index (χ3n) is 9.49. The number of carboxylic acids is 1. The molecule has 2 fully saturated rings. The zero-order valence-corrected chi connectivity index (χ0v) is 24.7. The van der Waals surface area contributed by atoms with Gasteiger partial charge in [-0.15, -0.1) is 0 Å².